The molecule has 0 aliphatic carbocycles. The Labute approximate surface area is 66.0 Å². The van der Waals surface area contributed by atoms with E-state index in [0.717, 1.165) is 5.69 Å². The van der Waals surface area contributed by atoms with Crippen LogP contribution in [0.4, 0.5) is 0 Å². The van der Waals surface area contributed by atoms with Crippen LogP contribution in [-0.2, 0) is 7.05 Å². The normalized spacial score (nSPS) is 11.1. The zero-order valence-corrected chi connectivity index (χ0v) is 6.57. The number of aromatic nitrogens is 2. The molecule has 1 aromatic heterocycles. The van der Waals surface area contributed by atoms with Crippen LogP contribution in [0.5, 0.6) is 0 Å². The molecule has 1 N–H and O–H groups in total. The standard InChI is InChI=1S/C8H12N2O/c1-10-6-5-8(9-10)4-2-3-7-11/h2,4-6,11H,3,7H2,1H3. The van der Waals surface area contributed by atoms with Crippen LogP contribution in [-0.4, -0.2) is 21.5 Å². The molecular formula is C8H12N2O. The van der Waals surface area contributed by atoms with Gasteiger partial charge in [0.1, 0.15) is 0 Å². The molecule has 0 aromatic carbocycles. The summed E-state index contributed by atoms with van der Waals surface area (Å²) in [4.78, 5) is 0. The minimum absolute atomic E-state index is 0.198. The summed E-state index contributed by atoms with van der Waals surface area (Å²) in [6.45, 7) is 0.198. The maximum atomic E-state index is 8.47. The molecular weight excluding hydrogens is 140 g/mol. The van der Waals surface area contributed by atoms with Crippen molar-refractivity contribution in [3.63, 3.8) is 0 Å². The Kier molecular flexibility index (Phi) is 2.86. The summed E-state index contributed by atoms with van der Waals surface area (Å²) in [7, 11) is 1.88. The van der Waals surface area contributed by atoms with Gasteiger partial charge in [0, 0.05) is 19.9 Å². The molecule has 0 saturated heterocycles. The van der Waals surface area contributed by atoms with Gasteiger partial charge in [0.15, 0.2) is 0 Å². The van der Waals surface area contributed by atoms with Crippen molar-refractivity contribution in [1.82, 2.24) is 9.78 Å². The Balaban J connectivity index is 2.50. The van der Waals surface area contributed by atoms with Crippen LogP contribution in [0.1, 0.15) is 12.1 Å². The zero-order valence-electron chi connectivity index (χ0n) is 6.57. The van der Waals surface area contributed by atoms with E-state index in [2.05, 4.69) is 5.10 Å². The third kappa shape index (κ3) is 2.55. The molecule has 11 heavy (non-hydrogen) atoms. The van der Waals surface area contributed by atoms with E-state index in [1.54, 1.807) is 4.68 Å². The lowest BCUT2D eigenvalue weighted by Gasteiger charge is -1.84. The van der Waals surface area contributed by atoms with Crippen LogP contribution in [0, 0.1) is 0 Å². The van der Waals surface area contributed by atoms with Gasteiger partial charge in [-0.25, -0.2) is 0 Å². The fourth-order valence-electron chi connectivity index (χ4n) is 0.801. The third-order valence-electron chi connectivity index (χ3n) is 1.32. The highest BCUT2D eigenvalue weighted by Gasteiger charge is 1.87. The zero-order chi connectivity index (χ0) is 8.10. The topological polar surface area (TPSA) is 38.0 Å². The Hall–Kier alpha value is -1.09. The maximum Gasteiger partial charge on any atom is 0.0847 e. The minimum Gasteiger partial charge on any atom is -0.396 e. The van der Waals surface area contributed by atoms with E-state index in [1.165, 1.54) is 0 Å². The Bertz CT molecular complexity index is 240. The SMILES string of the molecule is Cn1ccc(C=CCCO)n1. The number of hydrogen-bond donors (Lipinski definition) is 1. The highest BCUT2D eigenvalue weighted by atomic mass is 16.2. The lowest BCUT2D eigenvalue weighted by Crippen LogP contribution is -1.86. The van der Waals surface area contributed by atoms with E-state index in [0.29, 0.717) is 6.42 Å². The summed E-state index contributed by atoms with van der Waals surface area (Å²) in [5, 5.41) is 12.6. The average Bonchev–Trinajstić information content (AvgIpc) is 2.37. The van der Waals surface area contributed by atoms with Gasteiger partial charge in [-0.2, -0.15) is 5.10 Å². The van der Waals surface area contributed by atoms with E-state index in [-0.39, 0.29) is 6.61 Å². The molecule has 1 aromatic rings. The predicted molar refractivity (Wildman–Crippen MR) is 43.9 cm³/mol. The molecule has 0 bridgehead atoms. The summed E-state index contributed by atoms with van der Waals surface area (Å²) in [6.07, 6.45) is 6.38. The first-order valence-corrected chi connectivity index (χ1v) is 3.60. The van der Waals surface area contributed by atoms with Gasteiger partial charge in [-0.15, -0.1) is 0 Å². The van der Waals surface area contributed by atoms with Gasteiger partial charge in [-0.05, 0) is 18.6 Å². The molecule has 1 rings (SSSR count). The Morgan fingerprint density at radius 2 is 2.55 bits per heavy atom. The monoisotopic (exact) mass is 152 g/mol. The number of aliphatic hydroxyl groups excluding tert-OH is 1. The quantitative estimate of drug-likeness (QED) is 0.696. The van der Waals surface area contributed by atoms with Crippen LogP contribution >= 0.6 is 0 Å². The highest BCUT2D eigenvalue weighted by molar-refractivity contribution is 5.43. The van der Waals surface area contributed by atoms with E-state index in [9.17, 15) is 0 Å². The Morgan fingerprint density at radius 1 is 1.73 bits per heavy atom. The number of aryl methyl sites for hydroxylation is 1. The second kappa shape index (κ2) is 3.93. The first kappa shape index (κ1) is 8.01. The lowest BCUT2D eigenvalue weighted by atomic mass is 10.3. The molecule has 0 radical (unpaired) electrons. The van der Waals surface area contributed by atoms with Crippen molar-refractivity contribution in [1.29, 1.82) is 0 Å². The number of hydrogen-bond acceptors (Lipinski definition) is 2. The molecule has 60 valence electrons. The molecule has 3 nitrogen and oxygen atoms in total. The molecule has 0 amide bonds. The number of aliphatic hydroxyl groups is 1. The van der Waals surface area contributed by atoms with E-state index >= 15 is 0 Å². The molecule has 0 atom stereocenters. The van der Waals surface area contributed by atoms with Crippen LogP contribution in [0.25, 0.3) is 6.08 Å². The molecule has 0 saturated carbocycles. The molecule has 0 spiro atoms. The van der Waals surface area contributed by atoms with Crippen LogP contribution in [0.15, 0.2) is 18.3 Å². The van der Waals surface area contributed by atoms with Gasteiger partial charge >= 0.3 is 0 Å². The minimum atomic E-state index is 0.198. The molecule has 1 heterocycles. The van der Waals surface area contributed by atoms with Gasteiger partial charge in [0.05, 0.1) is 5.69 Å². The summed E-state index contributed by atoms with van der Waals surface area (Å²) in [5.74, 6) is 0. The fourth-order valence-corrected chi connectivity index (χ4v) is 0.801. The predicted octanol–water partition coefficient (Wildman–Crippen LogP) is 0.816. The van der Waals surface area contributed by atoms with Crippen molar-refractivity contribution in [3.8, 4) is 0 Å². The van der Waals surface area contributed by atoms with Crippen molar-refractivity contribution >= 4 is 6.08 Å². The highest BCUT2D eigenvalue weighted by Crippen LogP contribution is 1.97. The smallest absolute Gasteiger partial charge is 0.0847 e. The first-order chi connectivity index (χ1) is 5.33. The van der Waals surface area contributed by atoms with E-state index in [4.69, 9.17) is 5.11 Å². The van der Waals surface area contributed by atoms with Crippen molar-refractivity contribution < 1.29 is 5.11 Å². The van der Waals surface area contributed by atoms with Crippen molar-refractivity contribution in [2.24, 2.45) is 7.05 Å². The first-order valence-electron chi connectivity index (χ1n) is 3.60. The van der Waals surface area contributed by atoms with Crippen molar-refractivity contribution in [3.05, 3.63) is 24.0 Å². The largest absolute Gasteiger partial charge is 0.396 e. The molecule has 0 unspecified atom stereocenters. The molecule has 0 aliphatic heterocycles. The molecule has 0 fully saturated rings. The number of nitrogens with zero attached hydrogens (tertiary/aromatic N) is 2. The fraction of sp³-hybridized carbons (Fsp3) is 0.375. The number of rotatable bonds is 3. The van der Waals surface area contributed by atoms with Gasteiger partial charge in [-0.1, -0.05) is 6.08 Å². The van der Waals surface area contributed by atoms with Gasteiger partial charge in [-0.3, -0.25) is 4.68 Å². The van der Waals surface area contributed by atoms with Crippen molar-refractivity contribution in [2.75, 3.05) is 6.61 Å². The summed E-state index contributed by atoms with van der Waals surface area (Å²) < 4.78 is 1.75. The van der Waals surface area contributed by atoms with E-state index < -0.39 is 0 Å². The lowest BCUT2D eigenvalue weighted by molar-refractivity contribution is 0.303. The average molecular weight is 152 g/mol. The van der Waals surface area contributed by atoms with Gasteiger partial charge < -0.3 is 5.11 Å². The maximum absolute atomic E-state index is 8.47. The van der Waals surface area contributed by atoms with Crippen LogP contribution in [0.3, 0.4) is 0 Å². The van der Waals surface area contributed by atoms with Crippen molar-refractivity contribution in [2.45, 2.75) is 6.42 Å². The van der Waals surface area contributed by atoms with Crippen LogP contribution in [0.2, 0.25) is 0 Å². The van der Waals surface area contributed by atoms with E-state index in [1.807, 2.05) is 31.5 Å². The summed E-state index contributed by atoms with van der Waals surface area (Å²) in [5.41, 5.74) is 0.931. The Morgan fingerprint density at radius 3 is 3.09 bits per heavy atom. The van der Waals surface area contributed by atoms with Gasteiger partial charge in [0.2, 0.25) is 0 Å². The van der Waals surface area contributed by atoms with Crippen LogP contribution < -0.4 is 0 Å². The molecule has 3 heteroatoms. The third-order valence-corrected chi connectivity index (χ3v) is 1.32. The second-order valence-corrected chi connectivity index (χ2v) is 2.33. The summed E-state index contributed by atoms with van der Waals surface area (Å²) in [6, 6.07) is 1.92. The second-order valence-electron chi connectivity index (χ2n) is 2.33. The van der Waals surface area contributed by atoms with Gasteiger partial charge in [0.25, 0.3) is 0 Å². The molecule has 0 aliphatic rings. The summed E-state index contributed by atoms with van der Waals surface area (Å²) >= 11 is 0.